The lowest BCUT2D eigenvalue weighted by molar-refractivity contribution is -0.250. The first kappa shape index (κ1) is 38.1. The lowest BCUT2D eigenvalue weighted by atomic mass is 9.32. The van der Waals surface area contributed by atoms with Crippen molar-refractivity contribution in [3.63, 3.8) is 0 Å². The fourth-order valence-electron chi connectivity index (χ4n) is 13.7. The number of ether oxygens (including phenoxy) is 1. The Morgan fingerprint density at radius 1 is 0.961 bits per heavy atom. The van der Waals surface area contributed by atoms with Gasteiger partial charge in [-0.3, -0.25) is 14.4 Å². The van der Waals surface area contributed by atoms with Gasteiger partial charge in [-0.15, -0.1) is 0 Å². The Labute approximate surface area is 307 Å². The minimum Gasteiger partial charge on any atom is -0.481 e. The first-order valence-electron chi connectivity index (χ1n) is 20.1. The zero-order valence-corrected chi connectivity index (χ0v) is 33.0. The standard InChI is InChI=1S/C43H67N3O5/c1-28(2)29-13-18-43(25-34(47)45-21-10-23-46-24-22-44-27-46)20-19-41(8)30(36(29)43)11-12-32-40(7)16-15-33(51-35(48)26-38(3,4)37(49)50)39(5,6)31(40)14-17-42(32,41)9/h22,24,27,29-33,36H,1,10-21,23,25-26H2,2-9H3,(H,45,47)(H,49,50)/t29-,30+,31?,32?,33-,36+,40-,41+,42+,43+/m0/s1. The van der Waals surface area contributed by atoms with Gasteiger partial charge in [-0.25, -0.2) is 4.98 Å². The number of aryl methyl sites for hydroxylation is 1. The van der Waals surface area contributed by atoms with E-state index in [4.69, 9.17) is 4.74 Å². The van der Waals surface area contributed by atoms with Crippen LogP contribution in [0.1, 0.15) is 139 Å². The molecule has 10 atom stereocenters. The van der Waals surface area contributed by atoms with Crippen molar-refractivity contribution < 1.29 is 24.2 Å². The maximum absolute atomic E-state index is 13.7. The van der Waals surface area contributed by atoms with Crippen molar-refractivity contribution in [3.05, 3.63) is 30.9 Å². The van der Waals surface area contributed by atoms with Crippen LogP contribution in [0.4, 0.5) is 0 Å². The van der Waals surface area contributed by atoms with Gasteiger partial charge in [0, 0.05) is 37.3 Å². The zero-order chi connectivity index (χ0) is 37.2. The summed E-state index contributed by atoms with van der Waals surface area (Å²) in [5.74, 6) is 1.42. The van der Waals surface area contributed by atoms with Crippen molar-refractivity contribution in [1.29, 1.82) is 0 Å². The summed E-state index contributed by atoms with van der Waals surface area (Å²) in [5.41, 5.74) is 0.531. The molecule has 5 aliphatic carbocycles. The average molecular weight is 706 g/mol. The maximum Gasteiger partial charge on any atom is 0.309 e. The molecule has 5 fully saturated rings. The third-order valence-electron chi connectivity index (χ3n) is 16.6. The number of rotatable bonds is 11. The predicted octanol–water partition coefficient (Wildman–Crippen LogP) is 8.85. The number of nitrogens with one attached hydrogen (secondary N) is 1. The molecule has 5 aliphatic rings. The second-order valence-corrected chi connectivity index (χ2v) is 19.9. The molecule has 284 valence electrons. The van der Waals surface area contributed by atoms with E-state index in [2.05, 4.69) is 63.0 Å². The van der Waals surface area contributed by atoms with E-state index in [0.717, 1.165) is 51.5 Å². The van der Waals surface area contributed by atoms with Crippen molar-refractivity contribution in [2.75, 3.05) is 6.54 Å². The summed E-state index contributed by atoms with van der Waals surface area (Å²) in [7, 11) is 0. The summed E-state index contributed by atoms with van der Waals surface area (Å²) in [6, 6.07) is 0. The number of carbonyl (C=O) groups is 3. The quantitative estimate of drug-likeness (QED) is 0.135. The van der Waals surface area contributed by atoms with Crippen molar-refractivity contribution in [1.82, 2.24) is 14.9 Å². The molecule has 2 N–H and O–H groups in total. The van der Waals surface area contributed by atoms with E-state index in [1.165, 1.54) is 31.3 Å². The van der Waals surface area contributed by atoms with Crippen LogP contribution in [0.3, 0.4) is 0 Å². The smallest absolute Gasteiger partial charge is 0.309 e. The van der Waals surface area contributed by atoms with E-state index in [-0.39, 0.29) is 45.5 Å². The molecule has 51 heavy (non-hydrogen) atoms. The molecule has 5 saturated carbocycles. The van der Waals surface area contributed by atoms with Crippen LogP contribution < -0.4 is 5.32 Å². The van der Waals surface area contributed by atoms with Gasteiger partial charge < -0.3 is 19.7 Å². The summed E-state index contributed by atoms with van der Waals surface area (Å²) in [4.78, 5) is 42.6. The molecule has 0 radical (unpaired) electrons. The van der Waals surface area contributed by atoms with Crippen molar-refractivity contribution in [2.45, 2.75) is 152 Å². The summed E-state index contributed by atoms with van der Waals surface area (Å²) in [6.45, 7) is 24.0. The van der Waals surface area contributed by atoms with Crippen LogP contribution in [0.2, 0.25) is 0 Å². The Bertz CT molecular complexity index is 1500. The number of nitrogens with zero attached hydrogens (tertiary/aromatic N) is 2. The molecule has 8 heteroatoms. The molecular weight excluding hydrogens is 638 g/mol. The Morgan fingerprint density at radius 2 is 1.71 bits per heavy atom. The van der Waals surface area contributed by atoms with Crippen LogP contribution in [0.5, 0.6) is 0 Å². The van der Waals surface area contributed by atoms with Gasteiger partial charge in [0.25, 0.3) is 0 Å². The average Bonchev–Trinajstić information content (AvgIpc) is 3.69. The molecule has 6 rings (SSSR count). The van der Waals surface area contributed by atoms with E-state index >= 15 is 0 Å². The highest BCUT2D eigenvalue weighted by molar-refractivity contribution is 5.81. The van der Waals surface area contributed by atoms with Crippen molar-refractivity contribution in [2.24, 2.45) is 62.1 Å². The number of imidazole rings is 1. The zero-order valence-electron chi connectivity index (χ0n) is 33.0. The summed E-state index contributed by atoms with van der Waals surface area (Å²) in [6.07, 6.45) is 18.0. The highest BCUT2D eigenvalue weighted by Crippen LogP contribution is 2.78. The fraction of sp³-hybridized carbons (Fsp3) is 0.814. The predicted molar refractivity (Wildman–Crippen MR) is 199 cm³/mol. The molecule has 0 spiro atoms. The molecule has 0 aromatic carbocycles. The molecule has 1 aromatic rings. The highest BCUT2D eigenvalue weighted by Gasteiger charge is 2.71. The van der Waals surface area contributed by atoms with Gasteiger partial charge >= 0.3 is 11.9 Å². The van der Waals surface area contributed by atoms with Crippen LogP contribution in [0.25, 0.3) is 0 Å². The molecule has 8 nitrogen and oxygen atoms in total. The Kier molecular flexibility index (Phi) is 9.96. The van der Waals surface area contributed by atoms with Gasteiger partial charge in [0.05, 0.1) is 18.2 Å². The molecule has 1 amide bonds. The number of allylic oxidation sites excluding steroid dienone is 1. The number of aromatic nitrogens is 2. The first-order chi connectivity index (χ1) is 23.8. The van der Waals surface area contributed by atoms with Crippen LogP contribution in [-0.4, -0.2) is 45.2 Å². The van der Waals surface area contributed by atoms with Gasteiger partial charge in [-0.2, -0.15) is 0 Å². The normalized spacial score (nSPS) is 39.8. The van der Waals surface area contributed by atoms with E-state index in [9.17, 15) is 19.5 Å². The maximum atomic E-state index is 13.7. The third kappa shape index (κ3) is 6.30. The SMILES string of the molecule is C=C(C)[C@@H]1CC[C@]2(CC(=O)NCCCn3ccnc3)CC[C@]3(C)[C@H](CCC4[C@@]5(C)CC[C@H](OC(=O)CC(C)(C)C(=O)O)C(C)(C)C5CC[C@]43C)[C@@H]12. The van der Waals surface area contributed by atoms with Crippen LogP contribution in [0, 0.1) is 62.1 Å². The second kappa shape index (κ2) is 13.3. The van der Waals surface area contributed by atoms with Gasteiger partial charge in [0.2, 0.25) is 5.91 Å². The number of esters is 1. The number of carboxylic acid groups (broad SMARTS) is 1. The fourth-order valence-corrected chi connectivity index (χ4v) is 13.7. The number of carboxylic acids is 1. The molecule has 0 saturated heterocycles. The third-order valence-corrected chi connectivity index (χ3v) is 16.6. The number of aliphatic carboxylic acids is 1. The molecule has 1 aromatic heterocycles. The molecule has 2 unspecified atom stereocenters. The molecular formula is C43H67N3O5. The number of hydrogen-bond acceptors (Lipinski definition) is 5. The van der Waals surface area contributed by atoms with Crippen LogP contribution in [0.15, 0.2) is 30.9 Å². The van der Waals surface area contributed by atoms with Crippen molar-refractivity contribution >= 4 is 17.8 Å². The Hall–Kier alpha value is -2.64. The molecule has 1 heterocycles. The largest absolute Gasteiger partial charge is 0.481 e. The number of hydrogen-bond donors (Lipinski definition) is 2. The molecule has 0 aliphatic heterocycles. The van der Waals surface area contributed by atoms with Gasteiger partial charge in [-0.1, -0.05) is 46.8 Å². The minimum atomic E-state index is -1.14. The first-order valence-corrected chi connectivity index (χ1v) is 20.1. The number of fused-ring (bicyclic) bond motifs is 7. The highest BCUT2D eigenvalue weighted by atomic mass is 16.5. The van der Waals surface area contributed by atoms with E-state index in [1.54, 1.807) is 20.0 Å². The van der Waals surface area contributed by atoms with E-state index in [1.807, 2.05) is 12.5 Å². The van der Waals surface area contributed by atoms with Gasteiger partial charge in [-0.05, 0) is 143 Å². The summed E-state index contributed by atoms with van der Waals surface area (Å²) in [5, 5.41) is 12.9. The summed E-state index contributed by atoms with van der Waals surface area (Å²) >= 11 is 0. The molecule has 0 bridgehead atoms. The monoisotopic (exact) mass is 706 g/mol. The van der Waals surface area contributed by atoms with E-state index in [0.29, 0.717) is 42.6 Å². The topological polar surface area (TPSA) is 111 Å². The Balaban J connectivity index is 1.19. The van der Waals surface area contributed by atoms with E-state index < -0.39 is 17.4 Å². The number of amides is 1. The lowest BCUT2D eigenvalue weighted by Gasteiger charge is -2.73. The summed E-state index contributed by atoms with van der Waals surface area (Å²) < 4.78 is 8.24. The number of carbonyl (C=O) groups excluding carboxylic acids is 2. The van der Waals surface area contributed by atoms with Gasteiger partial charge in [0.15, 0.2) is 0 Å². The van der Waals surface area contributed by atoms with Crippen LogP contribution in [-0.2, 0) is 25.7 Å². The second-order valence-electron chi connectivity index (χ2n) is 19.9. The van der Waals surface area contributed by atoms with Gasteiger partial charge in [0.1, 0.15) is 6.10 Å². The lowest BCUT2D eigenvalue weighted by Crippen LogP contribution is -2.67. The van der Waals surface area contributed by atoms with Crippen molar-refractivity contribution in [3.8, 4) is 0 Å². The van der Waals surface area contributed by atoms with Crippen LogP contribution >= 0.6 is 0 Å². The Morgan fingerprint density at radius 3 is 2.37 bits per heavy atom. The minimum absolute atomic E-state index is 0.0473.